The number of amides is 1. The number of aromatic nitrogens is 3. The summed E-state index contributed by atoms with van der Waals surface area (Å²) in [6.45, 7) is 4.38. The van der Waals surface area contributed by atoms with E-state index in [1.54, 1.807) is 24.4 Å². The molecule has 4 aromatic rings. The van der Waals surface area contributed by atoms with Crippen LogP contribution in [0.25, 0.3) is 23.0 Å². The van der Waals surface area contributed by atoms with Gasteiger partial charge in [0, 0.05) is 17.7 Å². The lowest BCUT2D eigenvalue weighted by molar-refractivity contribution is -0.133. The normalized spacial score (nSPS) is 16.4. The quantitative estimate of drug-likeness (QED) is 0.425. The number of imidazole rings is 1. The predicted octanol–water partition coefficient (Wildman–Crippen LogP) is 4.72. The van der Waals surface area contributed by atoms with Crippen LogP contribution in [0.3, 0.4) is 0 Å². The minimum absolute atomic E-state index is 0.0107. The summed E-state index contributed by atoms with van der Waals surface area (Å²) in [6, 6.07) is 13.0. The molecule has 0 bridgehead atoms. The van der Waals surface area contributed by atoms with E-state index in [1.807, 2.05) is 30.9 Å². The number of carboxylic acids is 1. The Labute approximate surface area is 218 Å². The molecule has 192 valence electrons. The highest BCUT2D eigenvalue weighted by Gasteiger charge is 2.30. The third kappa shape index (κ3) is 3.82. The van der Waals surface area contributed by atoms with Crippen LogP contribution in [-0.2, 0) is 17.6 Å². The topological polar surface area (TPSA) is 97.0 Å². The van der Waals surface area contributed by atoms with Gasteiger partial charge in [-0.25, -0.2) is 18.7 Å². The number of aryl methyl sites for hydroxylation is 1. The lowest BCUT2D eigenvalue weighted by Gasteiger charge is -2.35. The second-order valence-corrected chi connectivity index (χ2v) is 9.53. The first-order valence-corrected chi connectivity index (χ1v) is 12.5. The predicted molar refractivity (Wildman–Crippen MR) is 138 cm³/mol. The Morgan fingerprint density at radius 2 is 2.03 bits per heavy atom. The van der Waals surface area contributed by atoms with Gasteiger partial charge in [-0.3, -0.25) is 4.79 Å². The van der Waals surface area contributed by atoms with E-state index in [1.165, 1.54) is 16.2 Å². The van der Waals surface area contributed by atoms with Crippen molar-refractivity contribution in [2.75, 3.05) is 13.2 Å². The smallest absolute Gasteiger partial charge is 0.335 e. The second kappa shape index (κ2) is 9.09. The molecular weight excluding hydrogens is 487 g/mol. The van der Waals surface area contributed by atoms with Crippen molar-refractivity contribution in [2.45, 2.75) is 32.7 Å². The highest BCUT2D eigenvalue weighted by atomic mass is 19.1. The van der Waals surface area contributed by atoms with Crippen molar-refractivity contribution < 1.29 is 23.8 Å². The Morgan fingerprint density at radius 3 is 2.82 bits per heavy atom. The number of benzene rings is 2. The van der Waals surface area contributed by atoms with Gasteiger partial charge in [0.1, 0.15) is 12.3 Å². The molecule has 1 N–H and O–H groups in total. The number of aliphatic carboxylic acids is 1. The van der Waals surface area contributed by atoms with E-state index in [2.05, 4.69) is 22.2 Å². The van der Waals surface area contributed by atoms with E-state index < -0.39 is 11.8 Å². The van der Waals surface area contributed by atoms with Crippen LogP contribution in [0.4, 0.5) is 4.39 Å². The van der Waals surface area contributed by atoms with Gasteiger partial charge in [-0.2, -0.15) is 5.10 Å². The minimum atomic E-state index is -1.10. The summed E-state index contributed by atoms with van der Waals surface area (Å²) in [5.74, 6) is -1.90. The van der Waals surface area contributed by atoms with E-state index >= 15 is 4.39 Å². The van der Waals surface area contributed by atoms with Crippen LogP contribution >= 0.6 is 0 Å². The molecule has 6 rings (SSSR count). The number of hydrogen-bond acceptors (Lipinski definition) is 5. The Bertz CT molecular complexity index is 1660. The first-order chi connectivity index (χ1) is 18.4. The van der Waals surface area contributed by atoms with E-state index in [9.17, 15) is 14.7 Å². The summed E-state index contributed by atoms with van der Waals surface area (Å²) in [7, 11) is 0. The number of rotatable bonds is 4. The number of halogens is 1. The van der Waals surface area contributed by atoms with Gasteiger partial charge < -0.3 is 14.7 Å². The van der Waals surface area contributed by atoms with Crippen LogP contribution in [0.5, 0.6) is 5.75 Å². The van der Waals surface area contributed by atoms with E-state index in [4.69, 9.17) is 4.74 Å². The zero-order chi connectivity index (χ0) is 26.6. The number of fused-ring (bicyclic) bond motifs is 3. The van der Waals surface area contributed by atoms with Gasteiger partial charge in [0.05, 0.1) is 23.5 Å². The molecule has 0 saturated carbocycles. The van der Waals surface area contributed by atoms with E-state index in [0.29, 0.717) is 35.6 Å². The molecule has 0 saturated heterocycles. The van der Waals surface area contributed by atoms with Crippen molar-refractivity contribution in [3.63, 3.8) is 0 Å². The molecule has 1 amide bonds. The Kier molecular flexibility index (Phi) is 5.71. The molecule has 1 atom stereocenters. The number of ether oxygens (including phenoxy) is 1. The molecule has 2 aromatic carbocycles. The molecule has 4 heterocycles. The largest absolute Gasteiger partial charge is 0.485 e. The minimum Gasteiger partial charge on any atom is -0.485 e. The fourth-order valence-corrected chi connectivity index (χ4v) is 5.26. The van der Waals surface area contributed by atoms with Crippen LogP contribution in [0.15, 0.2) is 54.2 Å². The first kappa shape index (κ1) is 23.8. The molecule has 8 nitrogen and oxygen atoms in total. The number of carboxylic acid groups (broad SMARTS) is 1. The van der Waals surface area contributed by atoms with Crippen molar-refractivity contribution in [1.82, 2.24) is 19.5 Å². The molecule has 0 spiro atoms. The molecule has 38 heavy (non-hydrogen) atoms. The lowest BCUT2D eigenvalue weighted by Crippen LogP contribution is -2.39. The van der Waals surface area contributed by atoms with Crippen LogP contribution in [-0.4, -0.2) is 49.6 Å². The van der Waals surface area contributed by atoms with Gasteiger partial charge >= 0.3 is 5.97 Å². The highest BCUT2D eigenvalue weighted by molar-refractivity contribution is 5.94. The summed E-state index contributed by atoms with van der Waals surface area (Å²) < 4.78 is 22.4. The standard InChI is InChI=1S/C29H25FN4O4/c1-3-17-13-23(28(35)33-11-10-18-6-4-5-7-21(18)16(33)2)32-34-14-24(31-27(17)34)22-9-8-19-12-20(29(36)37)15-38-26(19)25(22)30/h4-9,12-14,16H,3,10-11,15H2,1-2H3,(H,36,37)/t16-/m1/s1. The number of carbonyl (C=O) groups excluding carboxylic acids is 1. The molecular formula is C29H25FN4O4. The number of nitrogens with zero attached hydrogens (tertiary/aromatic N) is 4. The van der Waals surface area contributed by atoms with Crippen LogP contribution in [0.1, 0.15) is 52.6 Å². The third-order valence-corrected chi connectivity index (χ3v) is 7.34. The number of carbonyl (C=O) groups is 2. The van der Waals surface area contributed by atoms with Crippen molar-refractivity contribution >= 4 is 23.6 Å². The second-order valence-electron chi connectivity index (χ2n) is 9.53. The van der Waals surface area contributed by atoms with Gasteiger partial charge in [0.15, 0.2) is 17.2 Å². The van der Waals surface area contributed by atoms with Crippen molar-refractivity contribution in [3.05, 3.63) is 88.0 Å². The Morgan fingerprint density at radius 1 is 1.21 bits per heavy atom. The van der Waals surface area contributed by atoms with Crippen LogP contribution in [0, 0.1) is 5.82 Å². The van der Waals surface area contributed by atoms with E-state index in [0.717, 1.165) is 17.5 Å². The Hall–Kier alpha value is -4.53. The van der Waals surface area contributed by atoms with Crippen molar-refractivity contribution in [2.24, 2.45) is 0 Å². The fourth-order valence-electron chi connectivity index (χ4n) is 5.26. The van der Waals surface area contributed by atoms with E-state index in [-0.39, 0.29) is 35.4 Å². The number of hydrogen-bond donors (Lipinski definition) is 1. The lowest BCUT2D eigenvalue weighted by atomic mass is 9.93. The SMILES string of the molecule is CCc1cc(C(=O)N2CCc3ccccc3[C@H]2C)nn2cc(-c3ccc4c(c3F)OCC(C(=O)O)=C4)nc12. The average molecular weight is 513 g/mol. The summed E-state index contributed by atoms with van der Waals surface area (Å²) in [5, 5.41) is 13.8. The molecule has 0 fully saturated rings. The summed E-state index contributed by atoms with van der Waals surface area (Å²) in [5.41, 5.74) is 5.03. The van der Waals surface area contributed by atoms with Gasteiger partial charge in [-0.05, 0) is 54.7 Å². The van der Waals surface area contributed by atoms with Gasteiger partial charge in [-0.15, -0.1) is 0 Å². The van der Waals surface area contributed by atoms with Crippen molar-refractivity contribution in [1.29, 1.82) is 0 Å². The average Bonchev–Trinajstić information content (AvgIpc) is 3.36. The molecule has 2 aliphatic rings. The molecule has 0 radical (unpaired) electrons. The van der Waals surface area contributed by atoms with Gasteiger partial charge in [0.25, 0.3) is 5.91 Å². The van der Waals surface area contributed by atoms with Gasteiger partial charge in [0.2, 0.25) is 0 Å². The van der Waals surface area contributed by atoms with Crippen LogP contribution in [0.2, 0.25) is 0 Å². The maximum atomic E-state index is 15.5. The zero-order valence-corrected chi connectivity index (χ0v) is 20.9. The zero-order valence-electron chi connectivity index (χ0n) is 20.9. The van der Waals surface area contributed by atoms with Crippen LogP contribution < -0.4 is 4.74 Å². The molecule has 9 heteroatoms. The highest BCUT2D eigenvalue weighted by Crippen LogP contribution is 2.36. The summed E-state index contributed by atoms with van der Waals surface area (Å²) >= 11 is 0. The maximum absolute atomic E-state index is 15.5. The third-order valence-electron chi connectivity index (χ3n) is 7.34. The molecule has 0 unspecified atom stereocenters. The van der Waals surface area contributed by atoms with Crippen molar-refractivity contribution in [3.8, 4) is 17.0 Å². The summed E-state index contributed by atoms with van der Waals surface area (Å²) in [4.78, 5) is 31.3. The summed E-state index contributed by atoms with van der Waals surface area (Å²) in [6.07, 6.45) is 4.41. The molecule has 2 aromatic heterocycles. The Balaban J connectivity index is 1.37. The van der Waals surface area contributed by atoms with Gasteiger partial charge in [-0.1, -0.05) is 37.3 Å². The maximum Gasteiger partial charge on any atom is 0.335 e. The fraction of sp³-hybridized carbons (Fsp3) is 0.241. The molecule has 2 aliphatic heterocycles. The first-order valence-electron chi connectivity index (χ1n) is 12.5. The molecule has 0 aliphatic carbocycles. The monoisotopic (exact) mass is 512 g/mol.